The number of fused-ring (bicyclic) bond motifs is 3. The maximum atomic E-state index is 5.55. The molecule has 3 nitrogen and oxygen atoms in total. The predicted octanol–water partition coefficient (Wildman–Crippen LogP) is 1.76. The van der Waals surface area contributed by atoms with Crippen LogP contribution < -0.4 is 4.74 Å². The Bertz CT molecular complexity index is 448. The molecule has 64 valence electrons. The zero-order valence-electron chi connectivity index (χ0n) is 6.97. The molecule has 0 atom stereocenters. The minimum Gasteiger partial charge on any atom is -0.485 e. The summed E-state index contributed by atoms with van der Waals surface area (Å²) in [6.45, 7) is 0.608. The van der Waals surface area contributed by atoms with Crippen molar-refractivity contribution < 1.29 is 4.74 Å². The second-order valence-corrected chi connectivity index (χ2v) is 3.01. The number of ether oxygens (including phenoxy) is 1. The number of hydrogen-bond acceptors (Lipinski definition) is 2. The van der Waals surface area contributed by atoms with E-state index in [9.17, 15) is 0 Å². The van der Waals surface area contributed by atoms with Crippen LogP contribution in [0.1, 0.15) is 5.69 Å². The van der Waals surface area contributed by atoms with Gasteiger partial charge in [-0.15, -0.1) is 0 Å². The van der Waals surface area contributed by atoms with Crippen molar-refractivity contribution in [2.45, 2.75) is 6.61 Å². The van der Waals surface area contributed by atoms with E-state index in [-0.39, 0.29) is 0 Å². The van der Waals surface area contributed by atoms with Gasteiger partial charge >= 0.3 is 0 Å². The Morgan fingerprint density at radius 2 is 2.23 bits per heavy atom. The van der Waals surface area contributed by atoms with E-state index < -0.39 is 0 Å². The van der Waals surface area contributed by atoms with Crippen LogP contribution in [0.25, 0.3) is 5.69 Å². The molecule has 0 amide bonds. The summed E-state index contributed by atoms with van der Waals surface area (Å²) in [7, 11) is 0. The highest BCUT2D eigenvalue weighted by molar-refractivity contribution is 5.49. The van der Waals surface area contributed by atoms with E-state index in [0.29, 0.717) is 6.61 Å². The number of benzene rings is 1. The second kappa shape index (κ2) is 2.36. The number of nitrogens with zero attached hydrogens (tertiary/aromatic N) is 2. The van der Waals surface area contributed by atoms with Crippen LogP contribution in [0.2, 0.25) is 0 Å². The largest absolute Gasteiger partial charge is 0.485 e. The average Bonchev–Trinajstić information content (AvgIpc) is 2.65. The average molecular weight is 172 g/mol. The summed E-state index contributed by atoms with van der Waals surface area (Å²) in [5, 5.41) is 0. The standard InChI is InChI=1S/C10H8N2O/c1-2-4-10-9(3-1)12-7-11-5-8(12)6-13-10/h1-5,7H,6H2. The Balaban J connectivity index is 2.30. The smallest absolute Gasteiger partial charge is 0.143 e. The SMILES string of the molecule is c1ccc2c(c1)OCc1cncn1-2. The molecule has 1 aromatic heterocycles. The molecule has 3 heteroatoms. The van der Waals surface area contributed by atoms with Crippen LogP contribution in [0.3, 0.4) is 0 Å². The van der Waals surface area contributed by atoms with Gasteiger partial charge in [-0.05, 0) is 12.1 Å². The first-order valence-electron chi connectivity index (χ1n) is 4.18. The molecule has 0 unspecified atom stereocenters. The lowest BCUT2D eigenvalue weighted by molar-refractivity contribution is 0.285. The summed E-state index contributed by atoms with van der Waals surface area (Å²) in [4.78, 5) is 4.09. The molecule has 2 aromatic rings. The number of imidazole rings is 1. The van der Waals surface area contributed by atoms with Crippen LogP contribution in [0.4, 0.5) is 0 Å². The number of para-hydroxylation sites is 2. The van der Waals surface area contributed by atoms with Crippen molar-refractivity contribution in [3.05, 3.63) is 42.5 Å². The summed E-state index contributed by atoms with van der Waals surface area (Å²) in [5.41, 5.74) is 2.17. The molecule has 3 rings (SSSR count). The lowest BCUT2D eigenvalue weighted by atomic mass is 10.2. The van der Waals surface area contributed by atoms with Crippen LogP contribution in [0.5, 0.6) is 5.75 Å². The summed E-state index contributed by atoms with van der Waals surface area (Å²) in [6.07, 6.45) is 3.65. The Morgan fingerprint density at radius 3 is 3.23 bits per heavy atom. The monoisotopic (exact) mass is 172 g/mol. The Hall–Kier alpha value is -1.77. The zero-order valence-corrected chi connectivity index (χ0v) is 6.97. The Kier molecular flexibility index (Phi) is 1.22. The molecular weight excluding hydrogens is 164 g/mol. The molecule has 0 N–H and O–H groups in total. The molecule has 1 aromatic carbocycles. The van der Waals surface area contributed by atoms with Gasteiger partial charge in [-0.25, -0.2) is 4.98 Å². The van der Waals surface area contributed by atoms with Crippen LogP contribution in [0.15, 0.2) is 36.8 Å². The highest BCUT2D eigenvalue weighted by atomic mass is 16.5. The van der Waals surface area contributed by atoms with Crippen molar-refractivity contribution in [1.29, 1.82) is 0 Å². The molecule has 0 saturated heterocycles. The van der Waals surface area contributed by atoms with Gasteiger partial charge in [0.2, 0.25) is 0 Å². The van der Waals surface area contributed by atoms with Gasteiger partial charge in [0, 0.05) is 0 Å². The summed E-state index contributed by atoms with van der Waals surface area (Å²) in [5.74, 6) is 0.924. The topological polar surface area (TPSA) is 27.1 Å². The van der Waals surface area contributed by atoms with Crippen LogP contribution in [-0.4, -0.2) is 9.55 Å². The fourth-order valence-corrected chi connectivity index (χ4v) is 1.58. The van der Waals surface area contributed by atoms with E-state index >= 15 is 0 Å². The van der Waals surface area contributed by atoms with E-state index in [1.807, 2.05) is 36.8 Å². The van der Waals surface area contributed by atoms with Crippen molar-refractivity contribution in [2.24, 2.45) is 0 Å². The van der Waals surface area contributed by atoms with Gasteiger partial charge in [0.25, 0.3) is 0 Å². The molecule has 0 fully saturated rings. The van der Waals surface area contributed by atoms with Gasteiger partial charge in [0.15, 0.2) is 0 Å². The minimum atomic E-state index is 0.608. The van der Waals surface area contributed by atoms with E-state index in [2.05, 4.69) is 9.55 Å². The first-order valence-corrected chi connectivity index (χ1v) is 4.18. The fraction of sp³-hybridized carbons (Fsp3) is 0.100. The van der Waals surface area contributed by atoms with Crippen LogP contribution in [0, 0.1) is 0 Å². The lowest BCUT2D eigenvalue weighted by Gasteiger charge is -2.18. The fourth-order valence-electron chi connectivity index (χ4n) is 1.58. The minimum absolute atomic E-state index is 0.608. The van der Waals surface area contributed by atoms with E-state index in [0.717, 1.165) is 17.1 Å². The third-order valence-corrected chi connectivity index (χ3v) is 2.22. The van der Waals surface area contributed by atoms with Crippen LogP contribution >= 0.6 is 0 Å². The number of hydrogen-bond donors (Lipinski definition) is 0. The van der Waals surface area contributed by atoms with Crippen molar-refractivity contribution in [3.63, 3.8) is 0 Å². The van der Waals surface area contributed by atoms with Gasteiger partial charge < -0.3 is 4.74 Å². The highest BCUT2D eigenvalue weighted by Gasteiger charge is 2.14. The molecule has 0 aliphatic carbocycles. The lowest BCUT2D eigenvalue weighted by Crippen LogP contribution is -2.10. The van der Waals surface area contributed by atoms with E-state index in [4.69, 9.17) is 4.74 Å². The second-order valence-electron chi connectivity index (χ2n) is 3.01. The third kappa shape index (κ3) is 0.869. The highest BCUT2D eigenvalue weighted by Crippen LogP contribution is 2.28. The summed E-state index contributed by atoms with van der Waals surface area (Å²) < 4.78 is 7.60. The van der Waals surface area contributed by atoms with Crippen LogP contribution in [-0.2, 0) is 6.61 Å². The summed E-state index contributed by atoms with van der Waals surface area (Å²) >= 11 is 0. The zero-order chi connectivity index (χ0) is 8.67. The number of aromatic nitrogens is 2. The quantitative estimate of drug-likeness (QED) is 0.605. The van der Waals surface area contributed by atoms with E-state index in [1.54, 1.807) is 0 Å². The molecule has 1 aliphatic rings. The molecule has 0 bridgehead atoms. The number of rotatable bonds is 0. The first kappa shape index (κ1) is 6.71. The molecule has 0 saturated carbocycles. The van der Waals surface area contributed by atoms with Crippen molar-refractivity contribution in [1.82, 2.24) is 9.55 Å². The first-order chi connectivity index (χ1) is 6.45. The Labute approximate surface area is 75.6 Å². The molecular formula is C10H8N2O. The molecule has 0 spiro atoms. The maximum Gasteiger partial charge on any atom is 0.143 e. The van der Waals surface area contributed by atoms with Crippen molar-refractivity contribution in [2.75, 3.05) is 0 Å². The molecule has 2 heterocycles. The van der Waals surface area contributed by atoms with Gasteiger partial charge in [0.05, 0.1) is 23.9 Å². The summed E-state index contributed by atoms with van der Waals surface area (Å²) in [6, 6.07) is 7.97. The van der Waals surface area contributed by atoms with Gasteiger partial charge in [0.1, 0.15) is 12.4 Å². The molecule has 1 aliphatic heterocycles. The molecule has 13 heavy (non-hydrogen) atoms. The normalized spacial score (nSPS) is 12.9. The van der Waals surface area contributed by atoms with E-state index in [1.165, 1.54) is 0 Å². The van der Waals surface area contributed by atoms with Gasteiger partial charge in [-0.1, -0.05) is 12.1 Å². The maximum absolute atomic E-state index is 5.55. The van der Waals surface area contributed by atoms with Gasteiger partial charge in [-0.3, -0.25) is 4.57 Å². The predicted molar refractivity (Wildman–Crippen MR) is 47.9 cm³/mol. The van der Waals surface area contributed by atoms with Crippen molar-refractivity contribution in [3.8, 4) is 11.4 Å². The van der Waals surface area contributed by atoms with Gasteiger partial charge in [-0.2, -0.15) is 0 Å². The Morgan fingerprint density at radius 1 is 1.31 bits per heavy atom. The third-order valence-electron chi connectivity index (χ3n) is 2.22. The van der Waals surface area contributed by atoms with Crippen molar-refractivity contribution >= 4 is 0 Å². The molecule has 0 radical (unpaired) electrons.